The molecule has 0 aromatic carbocycles. The van der Waals surface area contributed by atoms with Gasteiger partial charge in [0.25, 0.3) is 0 Å². The van der Waals surface area contributed by atoms with E-state index >= 15 is 0 Å². The Morgan fingerprint density at radius 2 is 2.31 bits per heavy atom. The van der Waals surface area contributed by atoms with Crippen LogP contribution in [-0.2, 0) is 4.79 Å². The minimum absolute atomic E-state index is 0.0383. The van der Waals surface area contributed by atoms with Crippen molar-refractivity contribution in [3.8, 4) is 0 Å². The van der Waals surface area contributed by atoms with Gasteiger partial charge in [0.1, 0.15) is 0 Å². The number of fused-ring (bicyclic) bond motifs is 2. The maximum Gasteiger partial charge on any atom is 0.356 e. The highest BCUT2D eigenvalue weighted by atomic mass is 16.4. The fraction of sp³-hybridized carbons (Fsp3) is 0.111. The molecule has 0 saturated heterocycles. The number of hydrogen-bond donors (Lipinski definition) is 2. The molecular formula is C9H6N2O2. The van der Waals surface area contributed by atoms with Gasteiger partial charge in [-0.15, -0.1) is 0 Å². The first-order valence-electron chi connectivity index (χ1n) is 3.98. The number of allylic oxidation sites excluding steroid dienone is 4. The second kappa shape index (κ2) is 1.90. The summed E-state index contributed by atoms with van der Waals surface area (Å²) < 4.78 is 0. The van der Waals surface area contributed by atoms with Crippen molar-refractivity contribution in [2.45, 2.75) is 6.04 Å². The van der Waals surface area contributed by atoms with Crippen LogP contribution in [0, 0.1) is 0 Å². The van der Waals surface area contributed by atoms with Gasteiger partial charge in [0.05, 0.1) is 6.04 Å². The van der Waals surface area contributed by atoms with Crippen molar-refractivity contribution in [3.63, 3.8) is 0 Å². The normalized spacial score (nSPS) is 27.2. The van der Waals surface area contributed by atoms with Crippen molar-refractivity contribution >= 4 is 11.7 Å². The molecule has 1 heterocycles. The first-order chi connectivity index (χ1) is 6.25. The zero-order chi connectivity index (χ0) is 9.00. The Morgan fingerprint density at radius 3 is 3.08 bits per heavy atom. The molecular weight excluding hydrogens is 168 g/mol. The predicted molar refractivity (Wildman–Crippen MR) is 46.2 cm³/mol. The van der Waals surface area contributed by atoms with Gasteiger partial charge in [0, 0.05) is 5.57 Å². The molecule has 4 heteroatoms. The largest absolute Gasteiger partial charge is 0.476 e. The van der Waals surface area contributed by atoms with Crippen LogP contribution in [-0.4, -0.2) is 22.8 Å². The SMILES string of the molecule is O=C(O)C1=NNC2C=C3C=C3C=C12. The fourth-order valence-electron chi connectivity index (χ4n) is 1.62. The third kappa shape index (κ3) is 0.796. The topological polar surface area (TPSA) is 61.7 Å². The summed E-state index contributed by atoms with van der Waals surface area (Å²) in [5.41, 5.74) is 6.00. The van der Waals surface area contributed by atoms with Gasteiger partial charge in [-0.1, -0.05) is 0 Å². The summed E-state index contributed by atoms with van der Waals surface area (Å²) in [5, 5.41) is 12.6. The third-order valence-corrected chi connectivity index (χ3v) is 2.34. The summed E-state index contributed by atoms with van der Waals surface area (Å²) in [6.45, 7) is 0. The molecule has 2 aliphatic carbocycles. The Balaban J connectivity index is 2.04. The number of aliphatic carboxylic acids is 1. The molecule has 64 valence electrons. The number of carbonyl (C=O) groups is 1. The van der Waals surface area contributed by atoms with E-state index in [2.05, 4.69) is 10.5 Å². The van der Waals surface area contributed by atoms with E-state index in [0.29, 0.717) is 0 Å². The number of nitrogens with one attached hydrogen (secondary N) is 1. The Kier molecular flexibility index (Phi) is 0.974. The molecule has 0 spiro atoms. The molecule has 1 aliphatic heterocycles. The van der Waals surface area contributed by atoms with Crippen molar-refractivity contribution in [3.05, 3.63) is 34.9 Å². The molecule has 0 saturated carbocycles. The molecule has 0 fully saturated rings. The number of hydrogen-bond acceptors (Lipinski definition) is 3. The number of rotatable bonds is 1. The average Bonchev–Trinajstić information content (AvgIpc) is 2.70. The highest BCUT2D eigenvalue weighted by molar-refractivity contribution is 6.43. The van der Waals surface area contributed by atoms with Crippen molar-refractivity contribution < 1.29 is 9.90 Å². The lowest BCUT2D eigenvalue weighted by Crippen LogP contribution is -2.23. The number of carboxylic acid groups (broad SMARTS) is 1. The second-order valence-electron chi connectivity index (χ2n) is 3.19. The minimum Gasteiger partial charge on any atom is -0.476 e. The van der Waals surface area contributed by atoms with Crippen LogP contribution in [0.2, 0.25) is 0 Å². The first-order valence-corrected chi connectivity index (χ1v) is 3.98. The summed E-state index contributed by atoms with van der Waals surface area (Å²) in [5.74, 6) is -0.973. The lowest BCUT2D eigenvalue weighted by Gasteiger charge is -2.09. The van der Waals surface area contributed by atoms with Crippen LogP contribution < -0.4 is 5.43 Å². The lowest BCUT2D eigenvalue weighted by atomic mass is 9.98. The van der Waals surface area contributed by atoms with Crippen molar-refractivity contribution in [2.75, 3.05) is 0 Å². The smallest absolute Gasteiger partial charge is 0.356 e. The Morgan fingerprint density at radius 1 is 1.46 bits per heavy atom. The summed E-state index contributed by atoms with van der Waals surface area (Å²) in [6.07, 6.45) is 5.89. The maximum absolute atomic E-state index is 10.7. The minimum atomic E-state index is -0.973. The third-order valence-electron chi connectivity index (χ3n) is 2.34. The number of nitrogens with zero attached hydrogens (tertiary/aromatic N) is 1. The van der Waals surface area contributed by atoms with Crippen LogP contribution in [0.4, 0.5) is 0 Å². The van der Waals surface area contributed by atoms with Gasteiger partial charge in [-0.25, -0.2) is 4.79 Å². The van der Waals surface area contributed by atoms with Crippen LogP contribution in [0.15, 0.2) is 40.0 Å². The van der Waals surface area contributed by atoms with E-state index in [4.69, 9.17) is 5.11 Å². The van der Waals surface area contributed by atoms with E-state index in [0.717, 1.165) is 11.1 Å². The van der Waals surface area contributed by atoms with E-state index in [1.54, 1.807) is 0 Å². The quantitative estimate of drug-likeness (QED) is 0.597. The first kappa shape index (κ1) is 6.65. The Labute approximate surface area is 73.9 Å². The fourth-order valence-corrected chi connectivity index (χ4v) is 1.62. The number of hydrazone groups is 1. The molecule has 0 amide bonds. The van der Waals surface area contributed by atoms with E-state index in [-0.39, 0.29) is 11.8 Å². The van der Waals surface area contributed by atoms with Crippen LogP contribution in [0.5, 0.6) is 0 Å². The monoisotopic (exact) mass is 174 g/mol. The van der Waals surface area contributed by atoms with Crippen molar-refractivity contribution in [2.24, 2.45) is 5.10 Å². The van der Waals surface area contributed by atoms with Crippen LogP contribution in [0.25, 0.3) is 0 Å². The standard InChI is InChI=1S/C9H6N2O2/c12-9(13)8-6-2-4-1-5(4)3-7(6)10-11-8/h1-3,7,10H,(H,12,13). The van der Waals surface area contributed by atoms with E-state index < -0.39 is 5.97 Å². The van der Waals surface area contributed by atoms with Gasteiger partial charge in [0.15, 0.2) is 5.71 Å². The highest BCUT2D eigenvalue weighted by Gasteiger charge is 2.34. The molecule has 0 aromatic rings. The maximum atomic E-state index is 10.7. The molecule has 1 atom stereocenters. The highest BCUT2D eigenvalue weighted by Crippen LogP contribution is 2.36. The lowest BCUT2D eigenvalue weighted by molar-refractivity contribution is -0.129. The molecule has 4 nitrogen and oxygen atoms in total. The van der Waals surface area contributed by atoms with Gasteiger partial charge in [0.2, 0.25) is 0 Å². The van der Waals surface area contributed by atoms with Crippen LogP contribution in [0.1, 0.15) is 0 Å². The van der Waals surface area contributed by atoms with Gasteiger partial charge in [-0.3, -0.25) is 5.43 Å². The van der Waals surface area contributed by atoms with Gasteiger partial charge >= 0.3 is 5.97 Å². The van der Waals surface area contributed by atoms with E-state index in [1.165, 1.54) is 5.57 Å². The summed E-state index contributed by atoms with van der Waals surface area (Å²) >= 11 is 0. The zero-order valence-corrected chi connectivity index (χ0v) is 6.61. The molecule has 1 unspecified atom stereocenters. The predicted octanol–water partition coefficient (Wildman–Crippen LogP) is 0.205. The molecule has 3 rings (SSSR count). The van der Waals surface area contributed by atoms with Crippen molar-refractivity contribution in [1.82, 2.24) is 5.43 Å². The molecule has 13 heavy (non-hydrogen) atoms. The average molecular weight is 174 g/mol. The van der Waals surface area contributed by atoms with E-state index in [1.807, 2.05) is 18.2 Å². The molecule has 3 aliphatic rings. The Bertz CT molecular complexity index is 441. The van der Waals surface area contributed by atoms with Crippen LogP contribution in [0.3, 0.4) is 0 Å². The zero-order valence-electron chi connectivity index (χ0n) is 6.61. The van der Waals surface area contributed by atoms with Crippen molar-refractivity contribution in [1.29, 1.82) is 0 Å². The van der Waals surface area contributed by atoms with Gasteiger partial charge < -0.3 is 5.11 Å². The Hall–Kier alpha value is -1.84. The van der Waals surface area contributed by atoms with E-state index in [9.17, 15) is 4.79 Å². The summed E-state index contributed by atoms with van der Waals surface area (Å²) in [4.78, 5) is 10.7. The molecule has 2 N–H and O–H groups in total. The van der Waals surface area contributed by atoms with Gasteiger partial charge in [-0.05, 0) is 29.4 Å². The van der Waals surface area contributed by atoms with Crippen LogP contribution >= 0.6 is 0 Å². The molecule has 0 radical (unpaired) electrons. The van der Waals surface area contributed by atoms with Gasteiger partial charge in [-0.2, -0.15) is 5.10 Å². The second-order valence-corrected chi connectivity index (χ2v) is 3.19. The summed E-state index contributed by atoms with van der Waals surface area (Å²) in [7, 11) is 0. The molecule has 0 aromatic heterocycles. The number of carboxylic acids is 1. The summed E-state index contributed by atoms with van der Waals surface area (Å²) in [6, 6.07) is -0.0383. The molecule has 0 bridgehead atoms.